The minimum Gasteiger partial charge on any atom is -0.497 e. The zero-order chi connectivity index (χ0) is 18.2. The first-order valence-electron chi connectivity index (χ1n) is 8.18. The summed E-state index contributed by atoms with van der Waals surface area (Å²) in [6.45, 7) is 5.88. The average molecular weight is 336 g/mol. The fourth-order valence-electron chi connectivity index (χ4n) is 2.09. The molecule has 0 heterocycles. The quantitative estimate of drug-likeness (QED) is 0.537. The zero-order valence-corrected chi connectivity index (χ0v) is 15.2. The maximum absolute atomic E-state index is 12.6. The van der Waals surface area contributed by atoms with Crippen LogP contribution in [0.2, 0.25) is 0 Å². The van der Waals surface area contributed by atoms with Gasteiger partial charge < -0.3 is 20.1 Å². The summed E-state index contributed by atoms with van der Waals surface area (Å²) in [7, 11) is 3.06. The summed E-state index contributed by atoms with van der Waals surface area (Å²) in [6.07, 6.45) is 3.03. The van der Waals surface area contributed by atoms with Gasteiger partial charge in [-0.05, 0) is 32.4 Å². The maximum atomic E-state index is 12.6. The van der Waals surface area contributed by atoms with Gasteiger partial charge in [0.15, 0.2) is 0 Å². The summed E-state index contributed by atoms with van der Waals surface area (Å²) in [6, 6.07) is 5.10. The third-order valence-corrected chi connectivity index (χ3v) is 3.86. The number of amides is 2. The first kappa shape index (κ1) is 19.8. The molecule has 0 radical (unpaired) electrons. The molecule has 6 heteroatoms. The topological polar surface area (TPSA) is 76.7 Å². The van der Waals surface area contributed by atoms with E-state index in [0.717, 1.165) is 19.3 Å². The molecule has 0 spiro atoms. The van der Waals surface area contributed by atoms with Gasteiger partial charge >= 0.3 is 0 Å². The number of hydrogen-bond acceptors (Lipinski definition) is 4. The monoisotopic (exact) mass is 336 g/mol. The van der Waals surface area contributed by atoms with E-state index in [4.69, 9.17) is 9.47 Å². The third kappa shape index (κ3) is 5.15. The second-order valence-corrected chi connectivity index (χ2v) is 6.11. The van der Waals surface area contributed by atoms with E-state index >= 15 is 0 Å². The number of carbonyl (C=O) groups is 2. The molecule has 0 bridgehead atoms. The van der Waals surface area contributed by atoms with Crippen molar-refractivity contribution < 1.29 is 19.1 Å². The van der Waals surface area contributed by atoms with E-state index in [2.05, 4.69) is 17.6 Å². The van der Waals surface area contributed by atoms with Crippen molar-refractivity contribution in [3.63, 3.8) is 0 Å². The molecule has 6 nitrogen and oxygen atoms in total. The molecular weight excluding hydrogens is 308 g/mol. The van der Waals surface area contributed by atoms with Crippen molar-refractivity contribution >= 4 is 17.5 Å². The molecule has 0 saturated carbocycles. The lowest BCUT2D eigenvalue weighted by atomic mass is 9.90. The van der Waals surface area contributed by atoms with E-state index < -0.39 is 11.3 Å². The minimum absolute atomic E-state index is 0.294. The maximum Gasteiger partial charge on any atom is 0.239 e. The number of nitrogens with one attached hydrogen (secondary N) is 2. The van der Waals surface area contributed by atoms with Crippen LogP contribution in [-0.2, 0) is 9.59 Å². The molecule has 1 aromatic rings. The Kier molecular flexibility index (Phi) is 7.55. The number of rotatable bonds is 9. The Hall–Kier alpha value is -2.24. The van der Waals surface area contributed by atoms with Crippen molar-refractivity contribution in [3.05, 3.63) is 18.2 Å². The summed E-state index contributed by atoms with van der Waals surface area (Å²) in [5, 5.41) is 5.57. The van der Waals surface area contributed by atoms with Gasteiger partial charge in [0, 0.05) is 12.6 Å². The van der Waals surface area contributed by atoms with Crippen molar-refractivity contribution in [1.29, 1.82) is 0 Å². The lowest BCUT2D eigenvalue weighted by molar-refractivity contribution is -0.138. The van der Waals surface area contributed by atoms with Crippen LogP contribution in [0.3, 0.4) is 0 Å². The molecule has 0 atom stereocenters. The van der Waals surface area contributed by atoms with Crippen molar-refractivity contribution in [1.82, 2.24) is 5.32 Å². The molecule has 1 aromatic carbocycles. The van der Waals surface area contributed by atoms with Crippen LogP contribution in [0.15, 0.2) is 18.2 Å². The molecule has 0 aliphatic heterocycles. The Morgan fingerprint density at radius 3 is 2.38 bits per heavy atom. The van der Waals surface area contributed by atoms with Crippen molar-refractivity contribution in [2.45, 2.75) is 40.0 Å². The van der Waals surface area contributed by atoms with Gasteiger partial charge in [-0.15, -0.1) is 0 Å². The highest BCUT2D eigenvalue weighted by Crippen LogP contribution is 2.30. The molecular formula is C18H28N2O4. The van der Waals surface area contributed by atoms with Crippen LogP contribution in [0, 0.1) is 5.41 Å². The Morgan fingerprint density at radius 2 is 1.79 bits per heavy atom. The average Bonchev–Trinajstić information content (AvgIpc) is 2.58. The normalized spacial score (nSPS) is 10.9. The van der Waals surface area contributed by atoms with Crippen LogP contribution < -0.4 is 20.1 Å². The summed E-state index contributed by atoms with van der Waals surface area (Å²) in [5.41, 5.74) is -0.728. The molecule has 0 aliphatic carbocycles. The van der Waals surface area contributed by atoms with E-state index in [1.807, 2.05) is 0 Å². The molecule has 134 valence electrons. The molecule has 24 heavy (non-hydrogen) atoms. The van der Waals surface area contributed by atoms with Crippen LogP contribution in [0.4, 0.5) is 5.69 Å². The van der Waals surface area contributed by atoms with Gasteiger partial charge in [0.2, 0.25) is 11.8 Å². The first-order valence-corrected chi connectivity index (χ1v) is 8.18. The molecule has 0 aromatic heterocycles. The number of benzene rings is 1. The van der Waals surface area contributed by atoms with Gasteiger partial charge in [0.1, 0.15) is 16.9 Å². The molecule has 2 N–H and O–H groups in total. The van der Waals surface area contributed by atoms with Crippen LogP contribution >= 0.6 is 0 Å². The van der Waals surface area contributed by atoms with Gasteiger partial charge in [0.05, 0.1) is 19.9 Å². The van der Waals surface area contributed by atoms with E-state index in [9.17, 15) is 9.59 Å². The fourth-order valence-corrected chi connectivity index (χ4v) is 2.09. The molecule has 2 amide bonds. The minimum atomic E-state index is -1.19. The zero-order valence-electron chi connectivity index (χ0n) is 15.2. The van der Waals surface area contributed by atoms with E-state index in [0.29, 0.717) is 23.7 Å². The number of unbranched alkanes of at least 4 members (excludes halogenated alkanes) is 2. The Morgan fingerprint density at radius 1 is 1.08 bits per heavy atom. The number of anilines is 1. The highest BCUT2D eigenvalue weighted by atomic mass is 16.5. The van der Waals surface area contributed by atoms with Gasteiger partial charge in [0.25, 0.3) is 0 Å². The Balaban J connectivity index is 2.79. The van der Waals surface area contributed by atoms with Crippen LogP contribution in [0.1, 0.15) is 40.0 Å². The fraction of sp³-hybridized carbons (Fsp3) is 0.556. The summed E-state index contributed by atoms with van der Waals surface area (Å²) in [5.74, 6) is 0.399. The van der Waals surface area contributed by atoms with Crippen LogP contribution in [-0.4, -0.2) is 32.6 Å². The standard InChI is InChI=1S/C18H28N2O4/c1-6-7-8-11-19-16(21)18(2,3)17(22)20-14-12-13(23-4)9-10-15(14)24-5/h9-10,12H,6-8,11H2,1-5H3,(H,19,21)(H,20,22). The van der Waals surface area contributed by atoms with Gasteiger partial charge in [-0.3, -0.25) is 9.59 Å². The predicted molar refractivity (Wildman–Crippen MR) is 94.5 cm³/mol. The lowest BCUT2D eigenvalue weighted by Crippen LogP contribution is -2.45. The van der Waals surface area contributed by atoms with E-state index in [1.165, 1.54) is 7.11 Å². The number of ether oxygens (including phenoxy) is 2. The highest BCUT2D eigenvalue weighted by molar-refractivity contribution is 6.10. The summed E-state index contributed by atoms with van der Waals surface area (Å²) >= 11 is 0. The van der Waals surface area contributed by atoms with Crippen molar-refractivity contribution in [3.8, 4) is 11.5 Å². The molecule has 0 saturated heterocycles. The van der Waals surface area contributed by atoms with Crippen molar-refractivity contribution in [2.24, 2.45) is 5.41 Å². The SMILES string of the molecule is CCCCCNC(=O)C(C)(C)C(=O)Nc1cc(OC)ccc1OC. The Bertz CT molecular complexity index is 570. The number of hydrogen-bond donors (Lipinski definition) is 2. The largest absolute Gasteiger partial charge is 0.497 e. The molecule has 1 rings (SSSR count). The molecule has 0 unspecified atom stereocenters. The lowest BCUT2D eigenvalue weighted by Gasteiger charge is -2.23. The van der Waals surface area contributed by atoms with Crippen LogP contribution in [0.25, 0.3) is 0 Å². The van der Waals surface area contributed by atoms with Gasteiger partial charge in [-0.25, -0.2) is 0 Å². The van der Waals surface area contributed by atoms with Gasteiger partial charge in [-0.1, -0.05) is 19.8 Å². The first-order chi connectivity index (χ1) is 11.4. The molecule has 0 fully saturated rings. The second kappa shape index (κ2) is 9.15. The smallest absolute Gasteiger partial charge is 0.239 e. The van der Waals surface area contributed by atoms with Crippen LogP contribution in [0.5, 0.6) is 11.5 Å². The summed E-state index contributed by atoms with van der Waals surface area (Å²) in [4.78, 5) is 24.9. The van der Waals surface area contributed by atoms with E-state index in [-0.39, 0.29) is 5.91 Å². The highest BCUT2D eigenvalue weighted by Gasteiger charge is 2.36. The number of methoxy groups -OCH3 is 2. The Labute approximate surface area is 143 Å². The van der Waals surface area contributed by atoms with E-state index in [1.54, 1.807) is 39.2 Å². The molecule has 0 aliphatic rings. The predicted octanol–water partition coefficient (Wildman–Crippen LogP) is 2.97. The number of carbonyl (C=O) groups excluding carboxylic acids is 2. The van der Waals surface area contributed by atoms with Crippen molar-refractivity contribution in [2.75, 3.05) is 26.1 Å². The summed E-state index contributed by atoms with van der Waals surface area (Å²) < 4.78 is 10.4. The van der Waals surface area contributed by atoms with Gasteiger partial charge in [-0.2, -0.15) is 0 Å². The second-order valence-electron chi connectivity index (χ2n) is 6.11. The third-order valence-electron chi connectivity index (χ3n) is 3.86.